The van der Waals surface area contributed by atoms with Crippen LogP contribution in [-0.2, 0) is 0 Å². The summed E-state index contributed by atoms with van der Waals surface area (Å²) in [6, 6.07) is 102. The highest BCUT2D eigenvalue weighted by Gasteiger charge is 2.49. The summed E-state index contributed by atoms with van der Waals surface area (Å²) in [6.07, 6.45) is 0. The minimum absolute atomic E-state index is 0.0421. The first-order valence-corrected chi connectivity index (χ1v) is 27.0. The first-order chi connectivity index (χ1) is 35.8. The van der Waals surface area contributed by atoms with Crippen molar-refractivity contribution >= 4 is 125 Å². The van der Waals surface area contributed by atoms with Crippen molar-refractivity contribution in [1.82, 2.24) is 4.57 Å². The predicted molar refractivity (Wildman–Crippen MR) is 307 cm³/mol. The molecule has 3 aliphatic heterocycles. The third-order valence-corrected chi connectivity index (χ3v) is 20.4. The first-order valence-electron chi connectivity index (χ1n) is 25.0. The molecule has 4 heterocycles. The Kier molecular flexibility index (Phi) is 9.04. The molecule has 0 amide bonds. The molecule has 12 aromatic rings. The van der Waals surface area contributed by atoms with E-state index in [0.717, 1.165) is 22.7 Å². The smallest absolute Gasteiger partial charge is 0.252 e. The molecule has 0 saturated heterocycles. The molecule has 0 bridgehead atoms. The Morgan fingerprint density at radius 2 is 0.681 bits per heavy atom. The van der Waals surface area contributed by atoms with E-state index < -0.39 is 8.07 Å². The predicted octanol–water partition coefficient (Wildman–Crippen LogP) is 12.0. The fourth-order valence-electron chi connectivity index (χ4n) is 12.8. The van der Waals surface area contributed by atoms with E-state index in [1.54, 1.807) is 0 Å². The summed E-state index contributed by atoms with van der Waals surface area (Å²) in [7, 11) is -2.81. The van der Waals surface area contributed by atoms with Crippen LogP contribution in [0.1, 0.15) is 0 Å². The molecular weight excluding hydrogens is 888 g/mol. The van der Waals surface area contributed by atoms with Crippen molar-refractivity contribution in [2.45, 2.75) is 0 Å². The van der Waals surface area contributed by atoms with Gasteiger partial charge in [0.1, 0.15) is 0 Å². The van der Waals surface area contributed by atoms with E-state index in [0.29, 0.717) is 0 Å². The number of nitrogens with zero attached hydrogens (tertiary/aromatic N) is 4. The van der Waals surface area contributed by atoms with Crippen molar-refractivity contribution < 1.29 is 0 Å². The number of anilines is 9. The number of para-hydroxylation sites is 7. The summed E-state index contributed by atoms with van der Waals surface area (Å²) >= 11 is 0. The van der Waals surface area contributed by atoms with Crippen LogP contribution < -0.4 is 51.8 Å². The molecule has 0 N–H and O–H groups in total. The van der Waals surface area contributed by atoms with E-state index in [4.69, 9.17) is 0 Å². The summed E-state index contributed by atoms with van der Waals surface area (Å²) < 4.78 is 2.48. The molecule has 72 heavy (non-hydrogen) atoms. The minimum atomic E-state index is -2.81. The monoisotopic (exact) mass is 932 g/mol. The minimum Gasteiger partial charge on any atom is -0.311 e. The second kappa shape index (κ2) is 16.0. The number of aromatic nitrogens is 1. The highest BCUT2D eigenvalue weighted by Crippen LogP contribution is 2.48. The van der Waals surface area contributed by atoms with Gasteiger partial charge in [0.25, 0.3) is 6.71 Å². The van der Waals surface area contributed by atoms with Crippen LogP contribution in [0.4, 0.5) is 51.2 Å². The van der Waals surface area contributed by atoms with E-state index >= 15 is 0 Å². The quantitative estimate of drug-likeness (QED) is 0.154. The highest BCUT2D eigenvalue weighted by atomic mass is 28.3. The van der Waals surface area contributed by atoms with E-state index in [9.17, 15) is 0 Å². The molecular formula is C66H45BN4Si. The molecule has 336 valence electrons. The fourth-order valence-corrected chi connectivity index (χ4v) is 17.9. The molecule has 0 fully saturated rings. The molecule has 3 aliphatic rings. The van der Waals surface area contributed by atoms with Crippen LogP contribution in [-0.4, -0.2) is 19.4 Å². The second-order valence-corrected chi connectivity index (χ2v) is 22.9. The summed E-state index contributed by atoms with van der Waals surface area (Å²) in [5.74, 6) is 0. The lowest BCUT2D eigenvalue weighted by Crippen LogP contribution is -2.77. The van der Waals surface area contributed by atoms with Crippen molar-refractivity contribution in [2.24, 2.45) is 0 Å². The maximum absolute atomic E-state index is 2.81. The van der Waals surface area contributed by atoms with Gasteiger partial charge in [-0.3, -0.25) is 0 Å². The Hall–Kier alpha value is -9.10. The summed E-state index contributed by atoms with van der Waals surface area (Å²) in [5, 5.41) is 8.00. The number of rotatable bonds is 6. The molecule has 0 aliphatic carbocycles. The van der Waals surface area contributed by atoms with E-state index in [2.05, 4.69) is 292 Å². The maximum Gasteiger partial charge on any atom is 0.252 e. The van der Waals surface area contributed by atoms with Crippen LogP contribution in [0.2, 0.25) is 0 Å². The topological polar surface area (TPSA) is 14.7 Å². The maximum atomic E-state index is 2.55. The van der Waals surface area contributed by atoms with Crippen LogP contribution in [0.5, 0.6) is 0 Å². The van der Waals surface area contributed by atoms with Gasteiger partial charge in [-0.15, -0.1) is 0 Å². The molecule has 4 nitrogen and oxygen atoms in total. The highest BCUT2D eigenvalue weighted by molar-refractivity contribution is 7.21. The molecule has 0 radical (unpaired) electrons. The standard InChI is InChI=1S/C66H45BN4Si/c1-5-23-46(24-6-1)68-58-36-18-15-33-54(58)67-55-42-41-48(70-59-37-19-21-39-64(59)72(50-27-9-3-10-28-50,51-29-11-4-12-30-51)65-40-22-20-38-60(65)70)43-61(55)69(47-25-7-2-8-26-47)63-45-49(44-62(68)66(63)67)71-56-34-16-13-31-52(56)53-32-14-17-35-57(53)71/h1-45H. The third-order valence-electron chi connectivity index (χ3n) is 15.6. The summed E-state index contributed by atoms with van der Waals surface area (Å²) in [5.41, 5.74) is 17.8. The van der Waals surface area contributed by atoms with Crippen molar-refractivity contribution in [3.63, 3.8) is 0 Å². The summed E-state index contributed by atoms with van der Waals surface area (Å²) in [4.78, 5) is 7.60. The molecule has 0 atom stereocenters. The number of fused-ring (bicyclic) bond motifs is 9. The molecule has 11 aromatic carbocycles. The average Bonchev–Trinajstić information content (AvgIpc) is 3.79. The van der Waals surface area contributed by atoms with Crippen LogP contribution >= 0.6 is 0 Å². The van der Waals surface area contributed by atoms with Crippen molar-refractivity contribution in [3.8, 4) is 5.69 Å². The Bertz CT molecular complexity index is 3940. The molecule has 1 aromatic heterocycles. The van der Waals surface area contributed by atoms with Crippen LogP contribution in [0.3, 0.4) is 0 Å². The van der Waals surface area contributed by atoms with Gasteiger partial charge in [-0.25, -0.2) is 0 Å². The number of hydrogen-bond donors (Lipinski definition) is 0. The Labute approximate surface area is 420 Å². The molecule has 0 unspecified atom stereocenters. The summed E-state index contributed by atoms with van der Waals surface area (Å²) in [6.45, 7) is -0.0421. The lowest BCUT2D eigenvalue weighted by Gasteiger charge is -2.46. The Morgan fingerprint density at radius 1 is 0.278 bits per heavy atom. The lowest BCUT2D eigenvalue weighted by atomic mass is 9.33. The van der Waals surface area contributed by atoms with Crippen molar-refractivity contribution in [3.05, 3.63) is 273 Å². The zero-order valence-electron chi connectivity index (χ0n) is 39.3. The number of hydrogen-bond acceptors (Lipinski definition) is 3. The van der Waals surface area contributed by atoms with Crippen LogP contribution in [0.25, 0.3) is 27.5 Å². The average molecular weight is 933 g/mol. The van der Waals surface area contributed by atoms with Gasteiger partial charge in [0, 0.05) is 62.0 Å². The molecule has 6 heteroatoms. The lowest BCUT2D eigenvalue weighted by molar-refractivity contribution is 1.16. The SMILES string of the molecule is c1ccc(N2c3ccccc3B3c4ccc(N5c6ccccc6[Si](c6ccccc6)(c6ccccc6)c6ccccc65)cc4N(c4ccccc4)c4cc(-n5c6ccccc6c6ccccc65)cc2c43)cc1. The number of benzene rings is 11. The molecule has 0 saturated carbocycles. The van der Waals surface area contributed by atoms with Gasteiger partial charge in [0.15, 0.2) is 8.07 Å². The zero-order valence-corrected chi connectivity index (χ0v) is 40.3. The van der Waals surface area contributed by atoms with Gasteiger partial charge in [0.05, 0.1) is 16.7 Å². The van der Waals surface area contributed by atoms with Gasteiger partial charge >= 0.3 is 0 Å². The first kappa shape index (κ1) is 40.8. The largest absolute Gasteiger partial charge is 0.311 e. The van der Waals surface area contributed by atoms with E-state index in [1.807, 2.05) is 0 Å². The Morgan fingerprint density at radius 3 is 1.24 bits per heavy atom. The normalized spacial score (nSPS) is 13.8. The van der Waals surface area contributed by atoms with Crippen molar-refractivity contribution in [1.29, 1.82) is 0 Å². The van der Waals surface area contributed by atoms with Crippen LogP contribution in [0.15, 0.2) is 273 Å². The van der Waals surface area contributed by atoms with Gasteiger partial charge in [-0.1, -0.05) is 194 Å². The molecule has 0 spiro atoms. The van der Waals surface area contributed by atoms with Gasteiger partial charge < -0.3 is 19.3 Å². The zero-order chi connectivity index (χ0) is 47.3. The third kappa shape index (κ3) is 5.75. The molecule has 15 rings (SSSR count). The van der Waals surface area contributed by atoms with E-state index in [-0.39, 0.29) is 6.71 Å². The fraction of sp³-hybridized carbons (Fsp3) is 0. The van der Waals surface area contributed by atoms with Crippen molar-refractivity contribution in [2.75, 3.05) is 14.7 Å². The van der Waals surface area contributed by atoms with E-state index in [1.165, 1.54) is 93.1 Å². The van der Waals surface area contributed by atoms with Gasteiger partial charge in [0.2, 0.25) is 0 Å². The van der Waals surface area contributed by atoms with Crippen LogP contribution in [0, 0.1) is 0 Å². The van der Waals surface area contributed by atoms with Gasteiger partial charge in [-0.2, -0.15) is 0 Å². The van der Waals surface area contributed by atoms with Gasteiger partial charge in [-0.05, 0) is 116 Å². The second-order valence-electron chi connectivity index (χ2n) is 19.2. The Balaban J connectivity index is 1.02.